The third-order valence-corrected chi connectivity index (χ3v) is 4.96. The highest BCUT2D eigenvalue weighted by Gasteiger charge is 2.17. The molecule has 0 saturated carbocycles. The van der Waals surface area contributed by atoms with Gasteiger partial charge in [-0.15, -0.1) is 22.7 Å². The van der Waals surface area contributed by atoms with Gasteiger partial charge in [0.15, 0.2) is 0 Å². The van der Waals surface area contributed by atoms with Crippen molar-refractivity contribution in [1.82, 2.24) is 10.3 Å². The van der Waals surface area contributed by atoms with Gasteiger partial charge >= 0.3 is 0 Å². The summed E-state index contributed by atoms with van der Waals surface area (Å²) in [6.45, 7) is -0.212. The van der Waals surface area contributed by atoms with Crippen molar-refractivity contribution in [3.8, 4) is 9.88 Å². The lowest BCUT2D eigenvalue weighted by Gasteiger charge is -2.13. The average molecular weight is 334 g/mol. The van der Waals surface area contributed by atoms with Gasteiger partial charge in [-0.25, -0.2) is 4.98 Å². The van der Waals surface area contributed by atoms with Crippen LogP contribution in [0.2, 0.25) is 0 Å². The first-order chi connectivity index (χ1) is 10.8. The first kappa shape index (κ1) is 15.0. The van der Waals surface area contributed by atoms with Gasteiger partial charge in [0.1, 0.15) is 16.8 Å². The van der Waals surface area contributed by atoms with Crippen molar-refractivity contribution in [2.24, 2.45) is 0 Å². The molecule has 0 fully saturated rings. The van der Waals surface area contributed by atoms with Crippen LogP contribution in [0.5, 0.6) is 0 Å². The summed E-state index contributed by atoms with van der Waals surface area (Å²) in [6, 6.07) is 6.89. The molecule has 0 aromatic carbocycles. The van der Waals surface area contributed by atoms with Crippen LogP contribution in [-0.2, 0) is 11.2 Å². The number of hydrogen-bond acceptors (Lipinski definition) is 6. The van der Waals surface area contributed by atoms with E-state index in [-0.39, 0.29) is 18.9 Å². The number of thiophene rings is 1. The third-order valence-electron chi connectivity index (χ3n) is 3.03. The van der Waals surface area contributed by atoms with E-state index in [1.54, 1.807) is 23.5 Å². The Labute approximate surface area is 135 Å². The van der Waals surface area contributed by atoms with E-state index < -0.39 is 6.04 Å². The monoisotopic (exact) mass is 334 g/mol. The maximum atomic E-state index is 12.1. The summed E-state index contributed by atoms with van der Waals surface area (Å²) in [5.74, 6) is 0.340. The van der Waals surface area contributed by atoms with Gasteiger partial charge < -0.3 is 14.8 Å². The Balaban J connectivity index is 1.62. The molecule has 1 amide bonds. The van der Waals surface area contributed by atoms with Crippen molar-refractivity contribution >= 4 is 28.6 Å². The molecular weight excluding hydrogens is 320 g/mol. The zero-order valence-corrected chi connectivity index (χ0v) is 13.2. The van der Waals surface area contributed by atoms with Crippen LogP contribution in [-0.4, -0.2) is 22.6 Å². The summed E-state index contributed by atoms with van der Waals surface area (Å²) in [4.78, 5) is 17.6. The summed E-state index contributed by atoms with van der Waals surface area (Å²) in [7, 11) is 0. The van der Waals surface area contributed by atoms with Crippen LogP contribution >= 0.6 is 22.7 Å². The quantitative estimate of drug-likeness (QED) is 0.727. The van der Waals surface area contributed by atoms with Gasteiger partial charge in [-0.1, -0.05) is 6.07 Å². The minimum absolute atomic E-state index is 0.180. The molecule has 3 aromatic rings. The normalized spacial score (nSPS) is 12.2. The van der Waals surface area contributed by atoms with Crippen molar-refractivity contribution in [3.63, 3.8) is 0 Å². The highest BCUT2D eigenvalue weighted by atomic mass is 32.1. The minimum Gasteiger partial charge on any atom is -0.467 e. The van der Waals surface area contributed by atoms with Crippen LogP contribution in [0.25, 0.3) is 9.88 Å². The largest absolute Gasteiger partial charge is 0.467 e. The number of carbonyl (C=O) groups is 1. The summed E-state index contributed by atoms with van der Waals surface area (Å²) in [5.41, 5.74) is 0.724. The van der Waals surface area contributed by atoms with Gasteiger partial charge in [0.05, 0.1) is 29.9 Å². The summed E-state index contributed by atoms with van der Waals surface area (Å²) in [6.07, 6.45) is 1.69. The fourth-order valence-corrected chi connectivity index (χ4v) is 3.64. The lowest BCUT2D eigenvalue weighted by Crippen LogP contribution is -2.31. The SMILES string of the molecule is O=C(Cc1csc(-c2cccs2)n1)NC(CO)c1ccco1. The maximum Gasteiger partial charge on any atom is 0.226 e. The van der Waals surface area contributed by atoms with Gasteiger partial charge in [-0.2, -0.15) is 0 Å². The lowest BCUT2D eigenvalue weighted by molar-refractivity contribution is -0.121. The van der Waals surface area contributed by atoms with E-state index >= 15 is 0 Å². The molecule has 114 valence electrons. The van der Waals surface area contributed by atoms with E-state index in [0.717, 1.165) is 15.6 Å². The first-order valence-corrected chi connectivity index (χ1v) is 8.44. The minimum atomic E-state index is -0.530. The van der Waals surface area contributed by atoms with Crippen molar-refractivity contribution in [3.05, 3.63) is 52.7 Å². The predicted octanol–water partition coefficient (Wildman–Crippen LogP) is 2.86. The standard InChI is InChI=1S/C15H14N2O3S2/c18-8-11(12-3-1-5-20-12)17-14(19)7-10-9-22-15(16-10)13-4-2-6-21-13/h1-6,9,11,18H,7-8H2,(H,17,19). The number of aliphatic hydroxyl groups is 1. The fourth-order valence-electron chi connectivity index (χ4n) is 2.01. The summed E-state index contributed by atoms with van der Waals surface area (Å²) < 4.78 is 5.20. The number of thiazole rings is 1. The number of nitrogens with one attached hydrogen (secondary N) is 1. The number of aromatic nitrogens is 1. The summed E-state index contributed by atoms with van der Waals surface area (Å²) >= 11 is 3.15. The second-order valence-electron chi connectivity index (χ2n) is 4.62. The molecule has 1 atom stereocenters. The Morgan fingerprint density at radius 1 is 1.36 bits per heavy atom. The van der Waals surface area contributed by atoms with Gasteiger partial charge in [-0.3, -0.25) is 4.79 Å². The predicted molar refractivity (Wildman–Crippen MR) is 85.8 cm³/mol. The van der Waals surface area contributed by atoms with Crippen LogP contribution in [0, 0.1) is 0 Å². The number of amides is 1. The molecule has 0 spiro atoms. The van der Waals surface area contributed by atoms with Crippen molar-refractivity contribution in [2.75, 3.05) is 6.61 Å². The van der Waals surface area contributed by atoms with E-state index in [9.17, 15) is 9.90 Å². The fraction of sp³-hybridized carbons (Fsp3) is 0.200. The highest BCUT2D eigenvalue weighted by molar-refractivity contribution is 7.20. The van der Waals surface area contributed by atoms with E-state index in [1.807, 2.05) is 22.9 Å². The van der Waals surface area contributed by atoms with E-state index in [1.165, 1.54) is 17.6 Å². The van der Waals surface area contributed by atoms with Crippen LogP contribution in [0.1, 0.15) is 17.5 Å². The molecule has 1 unspecified atom stereocenters. The number of hydrogen-bond donors (Lipinski definition) is 2. The van der Waals surface area contributed by atoms with E-state index in [2.05, 4.69) is 10.3 Å². The number of aliphatic hydroxyl groups excluding tert-OH is 1. The molecule has 7 heteroatoms. The molecule has 5 nitrogen and oxygen atoms in total. The molecular formula is C15H14N2O3S2. The zero-order valence-electron chi connectivity index (χ0n) is 11.6. The topological polar surface area (TPSA) is 75.4 Å². The number of rotatable bonds is 6. The molecule has 0 saturated heterocycles. The van der Waals surface area contributed by atoms with Crippen molar-refractivity contribution in [1.29, 1.82) is 0 Å². The van der Waals surface area contributed by atoms with Crippen LogP contribution in [0.15, 0.2) is 45.7 Å². The molecule has 22 heavy (non-hydrogen) atoms. The molecule has 3 heterocycles. The molecule has 3 aromatic heterocycles. The molecule has 0 radical (unpaired) electrons. The Morgan fingerprint density at radius 2 is 2.27 bits per heavy atom. The maximum absolute atomic E-state index is 12.1. The van der Waals surface area contributed by atoms with Gasteiger partial charge in [0.25, 0.3) is 0 Å². The van der Waals surface area contributed by atoms with Gasteiger partial charge in [0.2, 0.25) is 5.91 Å². The Morgan fingerprint density at radius 3 is 2.95 bits per heavy atom. The molecule has 2 N–H and O–H groups in total. The van der Waals surface area contributed by atoms with E-state index in [4.69, 9.17) is 4.42 Å². The van der Waals surface area contributed by atoms with Gasteiger partial charge in [-0.05, 0) is 23.6 Å². The Bertz CT molecular complexity index is 720. The highest BCUT2D eigenvalue weighted by Crippen LogP contribution is 2.27. The van der Waals surface area contributed by atoms with Crippen LogP contribution in [0.3, 0.4) is 0 Å². The third kappa shape index (κ3) is 3.44. The summed E-state index contributed by atoms with van der Waals surface area (Å²) in [5, 5.41) is 16.9. The van der Waals surface area contributed by atoms with Gasteiger partial charge in [0, 0.05) is 5.38 Å². The second kappa shape index (κ2) is 6.87. The zero-order chi connectivity index (χ0) is 15.4. The second-order valence-corrected chi connectivity index (χ2v) is 6.42. The number of furan rings is 1. The Kier molecular flexibility index (Phi) is 4.67. The smallest absolute Gasteiger partial charge is 0.226 e. The average Bonchev–Trinajstić information content (AvgIpc) is 3.24. The molecule has 0 bridgehead atoms. The molecule has 0 aliphatic heterocycles. The molecule has 0 aliphatic rings. The first-order valence-electron chi connectivity index (χ1n) is 6.68. The lowest BCUT2D eigenvalue weighted by atomic mass is 10.2. The van der Waals surface area contributed by atoms with Crippen molar-refractivity contribution < 1.29 is 14.3 Å². The van der Waals surface area contributed by atoms with Crippen LogP contribution in [0.4, 0.5) is 0 Å². The van der Waals surface area contributed by atoms with E-state index in [0.29, 0.717) is 5.76 Å². The van der Waals surface area contributed by atoms with Crippen molar-refractivity contribution in [2.45, 2.75) is 12.5 Å². The number of carbonyl (C=O) groups excluding carboxylic acids is 1. The Hall–Kier alpha value is -1.96. The number of nitrogens with zero attached hydrogens (tertiary/aromatic N) is 1. The molecule has 0 aliphatic carbocycles. The molecule has 3 rings (SSSR count). The van der Waals surface area contributed by atoms with Crippen LogP contribution < -0.4 is 5.32 Å².